The van der Waals surface area contributed by atoms with Gasteiger partial charge in [0.25, 0.3) is 0 Å². The SMILES string of the molecule is CC.COc1cc(C)cc(F)c1O. The summed E-state index contributed by atoms with van der Waals surface area (Å²) >= 11 is 0. The number of phenolic OH excluding ortho intramolecular Hbond substituents is 1. The van der Waals surface area contributed by atoms with E-state index in [4.69, 9.17) is 9.84 Å². The van der Waals surface area contributed by atoms with E-state index in [2.05, 4.69) is 0 Å². The predicted molar refractivity (Wildman–Crippen MR) is 50.7 cm³/mol. The van der Waals surface area contributed by atoms with Crippen LogP contribution in [-0.4, -0.2) is 12.2 Å². The number of halogens is 1. The summed E-state index contributed by atoms with van der Waals surface area (Å²) in [6.07, 6.45) is 0. The highest BCUT2D eigenvalue weighted by atomic mass is 19.1. The van der Waals surface area contributed by atoms with Crippen LogP contribution >= 0.6 is 0 Å². The van der Waals surface area contributed by atoms with Crippen molar-refractivity contribution in [3.63, 3.8) is 0 Å². The van der Waals surface area contributed by atoms with E-state index in [-0.39, 0.29) is 5.75 Å². The molecule has 0 fully saturated rings. The maximum Gasteiger partial charge on any atom is 0.194 e. The number of benzene rings is 1. The maximum atomic E-state index is 12.7. The highest BCUT2D eigenvalue weighted by molar-refractivity contribution is 5.42. The molecular formula is C10H15FO2. The third-order valence-electron chi connectivity index (χ3n) is 1.39. The minimum atomic E-state index is -0.651. The van der Waals surface area contributed by atoms with Crippen molar-refractivity contribution >= 4 is 0 Å². The summed E-state index contributed by atoms with van der Waals surface area (Å²) < 4.78 is 17.4. The average Bonchev–Trinajstić information content (AvgIpc) is 2.14. The fourth-order valence-electron chi connectivity index (χ4n) is 0.858. The second-order valence-corrected chi connectivity index (χ2v) is 2.30. The highest BCUT2D eigenvalue weighted by Gasteiger charge is 2.07. The minimum Gasteiger partial charge on any atom is -0.502 e. The Labute approximate surface area is 78.0 Å². The third-order valence-corrected chi connectivity index (χ3v) is 1.39. The maximum absolute atomic E-state index is 12.7. The Morgan fingerprint density at radius 3 is 2.31 bits per heavy atom. The Bertz CT molecular complexity index is 272. The van der Waals surface area contributed by atoms with Crippen LogP contribution < -0.4 is 4.74 Å². The molecule has 0 heterocycles. The van der Waals surface area contributed by atoms with Crippen molar-refractivity contribution in [2.75, 3.05) is 7.11 Å². The van der Waals surface area contributed by atoms with Crippen molar-refractivity contribution in [3.8, 4) is 11.5 Å². The lowest BCUT2D eigenvalue weighted by molar-refractivity contribution is 0.356. The van der Waals surface area contributed by atoms with Crippen molar-refractivity contribution in [2.45, 2.75) is 20.8 Å². The lowest BCUT2D eigenvalue weighted by atomic mass is 10.2. The van der Waals surface area contributed by atoms with Gasteiger partial charge >= 0.3 is 0 Å². The molecule has 1 N–H and O–H groups in total. The molecule has 1 rings (SSSR count). The minimum absolute atomic E-state index is 0.169. The number of aryl methyl sites for hydroxylation is 1. The number of phenols is 1. The van der Waals surface area contributed by atoms with E-state index < -0.39 is 11.6 Å². The molecule has 2 nitrogen and oxygen atoms in total. The van der Waals surface area contributed by atoms with Gasteiger partial charge in [0.1, 0.15) is 0 Å². The van der Waals surface area contributed by atoms with E-state index in [1.165, 1.54) is 13.2 Å². The van der Waals surface area contributed by atoms with Crippen LogP contribution in [0.4, 0.5) is 4.39 Å². The quantitative estimate of drug-likeness (QED) is 0.730. The lowest BCUT2D eigenvalue weighted by Gasteiger charge is -2.04. The van der Waals surface area contributed by atoms with Gasteiger partial charge in [0.2, 0.25) is 0 Å². The van der Waals surface area contributed by atoms with Crippen LogP contribution in [-0.2, 0) is 0 Å². The van der Waals surface area contributed by atoms with E-state index >= 15 is 0 Å². The smallest absolute Gasteiger partial charge is 0.194 e. The lowest BCUT2D eigenvalue weighted by Crippen LogP contribution is -1.87. The first kappa shape index (κ1) is 11.8. The summed E-state index contributed by atoms with van der Waals surface area (Å²) in [5.41, 5.74) is 0.720. The van der Waals surface area contributed by atoms with Gasteiger partial charge in [0.15, 0.2) is 17.3 Å². The number of aromatic hydroxyl groups is 1. The van der Waals surface area contributed by atoms with Gasteiger partial charge in [0.05, 0.1) is 7.11 Å². The molecule has 0 spiro atoms. The Morgan fingerprint density at radius 2 is 1.85 bits per heavy atom. The van der Waals surface area contributed by atoms with Crippen molar-refractivity contribution in [2.24, 2.45) is 0 Å². The molecule has 1 aromatic rings. The van der Waals surface area contributed by atoms with Gasteiger partial charge in [-0.05, 0) is 24.6 Å². The zero-order chi connectivity index (χ0) is 10.4. The first-order valence-electron chi connectivity index (χ1n) is 4.18. The molecule has 0 aliphatic rings. The van der Waals surface area contributed by atoms with Gasteiger partial charge < -0.3 is 9.84 Å². The average molecular weight is 186 g/mol. The Kier molecular flexibility index (Phi) is 4.89. The van der Waals surface area contributed by atoms with Crippen LogP contribution in [0, 0.1) is 12.7 Å². The van der Waals surface area contributed by atoms with Gasteiger partial charge in [-0.1, -0.05) is 13.8 Å². The van der Waals surface area contributed by atoms with E-state index in [1.54, 1.807) is 13.0 Å². The van der Waals surface area contributed by atoms with Gasteiger partial charge in [-0.2, -0.15) is 0 Å². The Balaban J connectivity index is 0.000000671. The van der Waals surface area contributed by atoms with Gasteiger partial charge in [-0.25, -0.2) is 4.39 Å². The molecule has 13 heavy (non-hydrogen) atoms. The zero-order valence-corrected chi connectivity index (χ0v) is 8.39. The largest absolute Gasteiger partial charge is 0.502 e. The Hall–Kier alpha value is -1.25. The van der Waals surface area contributed by atoms with Crippen LogP contribution in [0.25, 0.3) is 0 Å². The molecule has 0 aliphatic carbocycles. The molecule has 0 radical (unpaired) electrons. The number of methoxy groups -OCH3 is 1. The molecule has 3 heteroatoms. The van der Waals surface area contributed by atoms with E-state index in [1.807, 2.05) is 13.8 Å². The number of ether oxygens (including phenoxy) is 1. The molecule has 0 saturated heterocycles. The third kappa shape index (κ3) is 2.93. The second-order valence-electron chi connectivity index (χ2n) is 2.30. The monoisotopic (exact) mass is 186 g/mol. The summed E-state index contributed by atoms with van der Waals surface area (Å²) in [5, 5.41) is 9.02. The molecule has 0 atom stereocenters. The normalized spacial score (nSPS) is 8.69. The topological polar surface area (TPSA) is 29.5 Å². The van der Waals surface area contributed by atoms with Crippen molar-refractivity contribution in [3.05, 3.63) is 23.5 Å². The van der Waals surface area contributed by atoms with Crippen LogP contribution in [0.3, 0.4) is 0 Å². The van der Waals surface area contributed by atoms with Gasteiger partial charge in [0, 0.05) is 0 Å². The fourth-order valence-corrected chi connectivity index (χ4v) is 0.858. The predicted octanol–water partition coefficient (Wildman–Crippen LogP) is 2.87. The summed E-state index contributed by atoms with van der Waals surface area (Å²) in [6.45, 7) is 5.73. The summed E-state index contributed by atoms with van der Waals surface area (Å²) in [4.78, 5) is 0. The van der Waals surface area contributed by atoms with Crippen LogP contribution in [0.5, 0.6) is 11.5 Å². The first-order chi connectivity index (χ1) is 6.15. The number of rotatable bonds is 1. The first-order valence-corrected chi connectivity index (χ1v) is 4.18. The molecule has 0 amide bonds. The van der Waals surface area contributed by atoms with E-state index in [9.17, 15) is 4.39 Å². The molecule has 0 aliphatic heterocycles. The summed E-state index contributed by atoms with van der Waals surface area (Å²) in [7, 11) is 1.38. The molecule has 0 bridgehead atoms. The number of hydrogen-bond donors (Lipinski definition) is 1. The van der Waals surface area contributed by atoms with Crippen LogP contribution in [0.15, 0.2) is 12.1 Å². The molecule has 1 aromatic carbocycles. The van der Waals surface area contributed by atoms with E-state index in [0.29, 0.717) is 0 Å². The van der Waals surface area contributed by atoms with Crippen molar-refractivity contribution in [1.82, 2.24) is 0 Å². The van der Waals surface area contributed by atoms with Crippen LogP contribution in [0.1, 0.15) is 19.4 Å². The number of hydrogen-bond acceptors (Lipinski definition) is 2. The van der Waals surface area contributed by atoms with E-state index in [0.717, 1.165) is 5.56 Å². The summed E-state index contributed by atoms with van der Waals surface area (Å²) in [5.74, 6) is -0.914. The zero-order valence-electron chi connectivity index (χ0n) is 8.39. The molecule has 74 valence electrons. The van der Waals surface area contributed by atoms with Crippen LogP contribution in [0.2, 0.25) is 0 Å². The molecule has 0 saturated carbocycles. The van der Waals surface area contributed by atoms with Crippen molar-refractivity contribution < 1.29 is 14.2 Å². The second kappa shape index (κ2) is 5.41. The fraction of sp³-hybridized carbons (Fsp3) is 0.400. The van der Waals surface area contributed by atoms with Gasteiger partial charge in [-0.15, -0.1) is 0 Å². The molecule has 0 aromatic heterocycles. The molecular weight excluding hydrogens is 171 g/mol. The van der Waals surface area contributed by atoms with Gasteiger partial charge in [-0.3, -0.25) is 0 Å². The molecule has 0 unspecified atom stereocenters. The highest BCUT2D eigenvalue weighted by Crippen LogP contribution is 2.29. The standard InChI is InChI=1S/C8H9FO2.C2H6/c1-5-3-6(9)8(10)7(4-5)11-2;1-2/h3-4,10H,1-2H3;1-2H3. The Morgan fingerprint density at radius 1 is 1.31 bits per heavy atom. The summed E-state index contributed by atoms with van der Waals surface area (Å²) in [6, 6.07) is 2.82. The van der Waals surface area contributed by atoms with Crippen molar-refractivity contribution in [1.29, 1.82) is 0 Å².